The molecule has 0 spiro atoms. The topological polar surface area (TPSA) is 17.1 Å². The Bertz CT molecular complexity index is 448. The number of hydrogen-bond acceptors (Lipinski definition) is 1. The minimum atomic E-state index is -5.22. The number of halogens is 7. The summed E-state index contributed by atoms with van der Waals surface area (Å²) in [5.74, 6) is -2.32. The molecule has 1 aromatic carbocycles. The van der Waals surface area contributed by atoms with Crippen molar-refractivity contribution < 1.29 is 31.1 Å². The molecule has 0 aliphatic rings. The van der Waals surface area contributed by atoms with Crippen LogP contribution in [0.1, 0.15) is 15.9 Å². The number of carbonyl (C=O) groups excluding carboxylic acids is 1. The van der Waals surface area contributed by atoms with E-state index in [0.29, 0.717) is 6.07 Å². The standard InChI is InChI=1S/C9H3BrF6O/c10-6-2-1-4(8(11,12)13)3-5(6)7(17)9(14,15)16/h1-3H. The van der Waals surface area contributed by atoms with Gasteiger partial charge in [-0.1, -0.05) is 15.9 Å². The summed E-state index contributed by atoms with van der Waals surface area (Å²) in [6.07, 6.45) is -10.0. The lowest BCUT2D eigenvalue weighted by Crippen LogP contribution is -2.23. The molecule has 0 aliphatic heterocycles. The Kier molecular flexibility index (Phi) is 3.56. The molecule has 0 aromatic heterocycles. The molecule has 0 atom stereocenters. The van der Waals surface area contributed by atoms with Gasteiger partial charge in [-0.25, -0.2) is 0 Å². The van der Waals surface area contributed by atoms with Gasteiger partial charge in [-0.05, 0) is 18.2 Å². The normalized spacial score (nSPS) is 12.6. The van der Waals surface area contributed by atoms with Crippen LogP contribution in [0.3, 0.4) is 0 Å². The van der Waals surface area contributed by atoms with Gasteiger partial charge in [0.15, 0.2) is 0 Å². The summed E-state index contributed by atoms with van der Waals surface area (Å²) >= 11 is 2.60. The Balaban J connectivity index is 3.30. The van der Waals surface area contributed by atoms with Gasteiger partial charge in [0.1, 0.15) is 0 Å². The van der Waals surface area contributed by atoms with Gasteiger partial charge in [0.05, 0.1) is 5.56 Å². The van der Waals surface area contributed by atoms with Crippen molar-refractivity contribution in [3.05, 3.63) is 33.8 Å². The van der Waals surface area contributed by atoms with Gasteiger partial charge in [-0.15, -0.1) is 0 Å². The lowest BCUT2D eigenvalue weighted by molar-refractivity contribution is -0.137. The summed E-state index contributed by atoms with van der Waals surface area (Å²) in [5.41, 5.74) is -2.37. The minimum Gasteiger partial charge on any atom is -0.284 e. The molecule has 0 N–H and O–H groups in total. The molecule has 8 heteroatoms. The molecule has 0 radical (unpaired) electrons. The lowest BCUT2D eigenvalue weighted by Gasteiger charge is -2.11. The van der Waals surface area contributed by atoms with Crippen molar-refractivity contribution in [3.63, 3.8) is 0 Å². The average molecular weight is 321 g/mol. The number of rotatable bonds is 1. The molecule has 0 bridgehead atoms. The van der Waals surface area contributed by atoms with Crippen molar-refractivity contribution >= 4 is 21.7 Å². The van der Waals surface area contributed by atoms with E-state index in [1.807, 2.05) is 0 Å². The zero-order chi connectivity index (χ0) is 13.4. The largest absolute Gasteiger partial charge is 0.454 e. The number of ketones is 1. The van der Waals surface area contributed by atoms with Gasteiger partial charge in [-0.3, -0.25) is 4.79 Å². The number of alkyl halides is 6. The van der Waals surface area contributed by atoms with E-state index >= 15 is 0 Å². The summed E-state index contributed by atoms with van der Waals surface area (Å²) in [6.45, 7) is 0. The molecule has 1 rings (SSSR count). The van der Waals surface area contributed by atoms with E-state index < -0.39 is 29.3 Å². The van der Waals surface area contributed by atoms with Gasteiger partial charge in [-0.2, -0.15) is 26.3 Å². The smallest absolute Gasteiger partial charge is 0.284 e. The summed E-state index contributed by atoms with van der Waals surface area (Å²) < 4.78 is 72.7. The van der Waals surface area contributed by atoms with E-state index in [1.165, 1.54) is 0 Å². The Morgan fingerprint density at radius 1 is 1.06 bits per heavy atom. The monoisotopic (exact) mass is 320 g/mol. The van der Waals surface area contributed by atoms with Gasteiger partial charge in [0.2, 0.25) is 0 Å². The summed E-state index contributed by atoms with van der Waals surface area (Å²) in [6, 6.07) is 1.50. The van der Waals surface area contributed by atoms with Gasteiger partial charge in [0, 0.05) is 10.0 Å². The van der Waals surface area contributed by atoms with Crippen LogP contribution >= 0.6 is 15.9 Å². The number of carbonyl (C=O) groups is 1. The van der Waals surface area contributed by atoms with Crippen LogP contribution in [0.4, 0.5) is 26.3 Å². The van der Waals surface area contributed by atoms with E-state index in [2.05, 4.69) is 15.9 Å². The molecular formula is C9H3BrF6O. The molecule has 0 saturated heterocycles. The molecule has 17 heavy (non-hydrogen) atoms. The molecule has 0 fully saturated rings. The van der Waals surface area contributed by atoms with Crippen LogP contribution < -0.4 is 0 Å². The van der Waals surface area contributed by atoms with E-state index in [0.717, 1.165) is 6.07 Å². The number of hydrogen-bond donors (Lipinski definition) is 0. The Hall–Kier alpha value is -1.05. The fraction of sp³-hybridized carbons (Fsp3) is 0.222. The van der Waals surface area contributed by atoms with Crippen molar-refractivity contribution in [2.45, 2.75) is 12.4 Å². The van der Waals surface area contributed by atoms with Crippen molar-refractivity contribution in [2.24, 2.45) is 0 Å². The zero-order valence-corrected chi connectivity index (χ0v) is 9.37. The van der Waals surface area contributed by atoms with Crippen LogP contribution in [0.25, 0.3) is 0 Å². The van der Waals surface area contributed by atoms with Crippen LogP contribution in [0.2, 0.25) is 0 Å². The Morgan fingerprint density at radius 3 is 2.00 bits per heavy atom. The quantitative estimate of drug-likeness (QED) is 0.559. The first-order valence-corrected chi connectivity index (χ1v) is 4.81. The van der Waals surface area contributed by atoms with Crippen molar-refractivity contribution in [2.75, 3.05) is 0 Å². The highest BCUT2D eigenvalue weighted by atomic mass is 79.9. The first kappa shape index (κ1) is 14.0. The summed E-state index contributed by atoms with van der Waals surface area (Å²) in [4.78, 5) is 10.8. The second-order valence-corrected chi connectivity index (χ2v) is 3.87. The first-order chi connectivity index (χ1) is 7.53. The third kappa shape index (κ3) is 3.21. The van der Waals surface area contributed by atoms with Crippen LogP contribution in [0.15, 0.2) is 22.7 Å². The fourth-order valence-corrected chi connectivity index (χ4v) is 1.45. The molecule has 0 aliphatic carbocycles. The van der Waals surface area contributed by atoms with Gasteiger partial charge in [0.25, 0.3) is 5.78 Å². The van der Waals surface area contributed by atoms with Crippen LogP contribution in [0.5, 0.6) is 0 Å². The second-order valence-electron chi connectivity index (χ2n) is 3.02. The van der Waals surface area contributed by atoms with Crippen molar-refractivity contribution in [1.29, 1.82) is 0 Å². The molecule has 0 unspecified atom stereocenters. The minimum absolute atomic E-state index is 0.167. The fourth-order valence-electron chi connectivity index (χ4n) is 1.03. The predicted octanol–water partition coefficient (Wildman–Crippen LogP) is 4.21. The maximum atomic E-state index is 12.3. The van der Waals surface area contributed by atoms with Crippen LogP contribution in [-0.4, -0.2) is 12.0 Å². The lowest BCUT2D eigenvalue weighted by atomic mass is 10.1. The molecule has 1 aromatic rings. The number of Topliss-reactive ketones (excluding diaryl/α,β-unsaturated/α-hetero) is 1. The SMILES string of the molecule is O=C(c1cc(C(F)(F)F)ccc1Br)C(F)(F)F. The maximum absolute atomic E-state index is 12.3. The van der Waals surface area contributed by atoms with Crippen molar-refractivity contribution in [3.8, 4) is 0 Å². The van der Waals surface area contributed by atoms with E-state index in [9.17, 15) is 31.1 Å². The molecule has 0 saturated carbocycles. The molecule has 0 amide bonds. The Labute approximate surface area is 99.5 Å². The average Bonchev–Trinajstić information content (AvgIpc) is 2.14. The second kappa shape index (κ2) is 4.32. The zero-order valence-electron chi connectivity index (χ0n) is 7.79. The predicted molar refractivity (Wildman–Crippen MR) is 49.5 cm³/mol. The molecule has 0 heterocycles. The summed E-state index contributed by atoms with van der Waals surface area (Å²) in [5, 5.41) is 0. The third-order valence-electron chi connectivity index (χ3n) is 1.80. The van der Waals surface area contributed by atoms with Gasteiger partial charge >= 0.3 is 12.4 Å². The van der Waals surface area contributed by atoms with Crippen molar-refractivity contribution in [1.82, 2.24) is 0 Å². The summed E-state index contributed by atoms with van der Waals surface area (Å²) in [7, 11) is 0. The maximum Gasteiger partial charge on any atom is 0.454 e. The van der Waals surface area contributed by atoms with Gasteiger partial charge < -0.3 is 0 Å². The van der Waals surface area contributed by atoms with E-state index in [4.69, 9.17) is 0 Å². The van der Waals surface area contributed by atoms with E-state index in [-0.39, 0.29) is 10.5 Å². The molecule has 1 nitrogen and oxygen atoms in total. The third-order valence-corrected chi connectivity index (χ3v) is 2.49. The van der Waals surface area contributed by atoms with E-state index in [1.54, 1.807) is 0 Å². The molecular weight excluding hydrogens is 318 g/mol. The Morgan fingerprint density at radius 2 is 1.59 bits per heavy atom. The highest BCUT2D eigenvalue weighted by Crippen LogP contribution is 2.34. The highest BCUT2D eigenvalue weighted by molar-refractivity contribution is 9.10. The molecule has 94 valence electrons. The van der Waals surface area contributed by atoms with Crippen LogP contribution in [0, 0.1) is 0 Å². The highest BCUT2D eigenvalue weighted by Gasteiger charge is 2.41. The first-order valence-electron chi connectivity index (χ1n) is 4.02. The number of benzene rings is 1. The van der Waals surface area contributed by atoms with Crippen LogP contribution in [-0.2, 0) is 6.18 Å².